The van der Waals surface area contributed by atoms with Gasteiger partial charge in [-0.25, -0.2) is 15.0 Å². The molecule has 3 heterocycles. The molecule has 0 spiro atoms. The Morgan fingerprint density at radius 3 is 2.50 bits per heavy atom. The number of anilines is 2. The number of carbonyl (C=O) groups is 1. The number of aryl methyl sites for hydroxylation is 1. The van der Waals surface area contributed by atoms with Crippen LogP contribution in [0.4, 0.5) is 30.5 Å². The van der Waals surface area contributed by atoms with E-state index in [1.807, 2.05) is 4.90 Å². The van der Waals surface area contributed by atoms with Crippen LogP contribution in [0.1, 0.15) is 55.6 Å². The van der Waals surface area contributed by atoms with Crippen molar-refractivity contribution in [2.24, 2.45) is 5.92 Å². The largest absolute Gasteiger partial charge is 0.422 e. The number of fused-ring (bicyclic) bond motifs is 1. The minimum absolute atomic E-state index is 0.0537. The van der Waals surface area contributed by atoms with Gasteiger partial charge in [-0.05, 0) is 57.2 Å². The second kappa shape index (κ2) is 9.69. The van der Waals surface area contributed by atoms with Crippen molar-refractivity contribution in [1.82, 2.24) is 15.0 Å². The third-order valence-corrected chi connectivity index (χ3v) is 6.60. The van der Waals surface area contributed by atoms with Gasteiger partial charge in [0, 0.05) is 25.2 Å². The fourth-order valence-corrected chi connectivity index (χ4v) is 4.43. The number of halogens is 3. The monoisotopic (exact) mass is 530 g/mol. The highest BCUT2D eigenvalue weighted by Gasteiger charge is 2.34. The quantitative estimate of drug-likeness (QED) is 0.245. The molecule has 1 aliphatic carbocycles. The smallest absolute Gasteiger partial charge is 0.416 e. The predicted molar refractivity (Wildman–Crippen MR) is 132 cm³/mol. The van der Waals surface area contributed by atoms with Crippen molar-refractivity contribution < 1.29 is 27.6 Å². The molecule has 1 N–H and O–H groups in total. The van der Waals surface area contributed by atoms with Crippen LogP contribution in [0.2, 0.25) is 0 Å². The lowest BCUT2D eigenvalue weighted by molar-refractivity contribution is -0.385. The van der Waals surface area contributed by atoms with Gasteiger partial charge >= 0.3 is 12.1 Å². The molecule has 2 aliphatic rings. The number of non-ortho nitro benzene ring substituents is 1. The van der Waals surface area contributed by atoms with Crippen molar-refractivity contribution in [3.63, 3.8) is 0 Å². The van der Waals surface area contributed by atoms with E-state index in [1.54, 1.807) is 19.9 Å². The summed E-state index contributed by atoms with van der Waals surface area (Å²) in [4.78, 5) is 38.5. The fraction of sp³-hybridized carbons (Fsp3) is 0.440. The molecule has 1 atom stereocenters. The molecule has 0 amide bonds. The first-order valence-corrected chi connectivity index (χ1v) is 12.3. The molecule has 2 aromatic heterocycles. The summed E-state index contributed by atoms with van der Waals surface area (Å²) in [6.45, 7) is 4.74. The van der Waals surface area contributed by atoms with Crippen LogP contribution in [0, 0.1) is 23.0 Å². The van der Waals surface area contributed by atoms with Gasteiger partial charge in [-0.1, -0.05) is 0 Å². The molecule has 0 bridgehead atoms. The maximum Gasteiger partial charge on any atom is 0.416 e. The van der Waals surface area contributed by atoms with Gasteiger partial charge in [0.25, 0.3) is 5.69 Å². The molecule has 200 valence electrons. The Bertz CT molecular complexity index is 1420. The van der Waals surface area contributed by atoms with Gasteiger partial charge in [-0.15, -0.1) is 0 Å². The Morgan fingerprint density at radius 2 is 1.87 bits per heavy atom. The van der Waals surface area contributed by atoms with Crippen LogP contribution >= 0.6 is 0 Å². The van der Waals surface area contributed by atoms with Gasteiger partial charge < -0.3 is 15.0 Å². The number of carbonyl (C=O) groups excluding carboxylic acids is 1. The van der Waals surface area contributed by atoms with Crippen LogP contribution in [0.15, 0.2) is 24.3 Å². The van der Waals surface area contributed by atoms with E-state index in [2.05, 4.69) is 15.3 Å². The van der Waals surface area contributed by atoms with Crippen LogP contribution in [-0.4, -0.2) is 38.9 Å². The highest BCUT2D eigenvalue weighted by atomic mass is 19.4. The Morgan fingerprint density at radius 1 is 1.16 bits per heavy atom. The number of nitrogens with one attached hydrogen (secondary N) is 1. The van der Waals surface area contributed by atoms with E-state index >= 15 is 0 Å². The van der Waals surface area contributed by atoms with Crippen LogP contribution in [-0.2, 0) is 11.0 Å². The van der Waals surface area contributed by atoms with Gasteiger partial charge in [-0.2, -0.15) is 13.2 Å². The van der Waals surface area contributed by atoms with E-state index in [9.17, 15) is 28.1 Å². The molecule has 10 nitrogen and oxygen atoms in total. The molecular weight excluding hydrogens is 505 g/mol. The molecule has 13 heteroatoms. The summed E-state index contributed by atoms with van der Waals surface area (Å²) in [6.07, 6.45) is -1.25. The number of alkyl halides is 3. The van der Waals surface area contributed by atoms with E-state index in [1.165, 1.54) is 0 Å². The number of pyridine rings is 1. The molecule has 1 saturated carbocycles. The number of aromatic nitrogens is 3. The zero-order valence-electron chi connectivity index (χ0n) is 20.7. The summed E-state index contributed by atoms with van der Waals surface area (Å²) >= 11 is 0. The Balaban J connectivity index is 1.55. The lowest BCUT2D eigenvalue weighted by atomic mass is 10.0. The van der Waals surface area contributed by atoms with E-state index in [0.29, 0.717) is 28.7 Å². The summed E-state index contributed by atoms with van der Waals surface area (Å²) in [6, 6.07) is 3.29. The molecule has 1 aromatic carbocycles. The third kappa shape index (κ3) is 5.31. The minimum Gasteiger partial charge on any atom is -0.422 e. The maximum absolute atomic E-state index is 13.4. The average molecular weight is 531 g/mol. The highest BCUT2D eigenvalue weighted by Crippen LogP contribution is 2.38. The van der Waals surface area contributed by atoms with Gasteiger partial charge in [0.15, 0.2) is 17.2 Å². The summed E-state index contributed by atoms with van der Waals surface area (Å²) in [5, 5.41) is 14.8. The van der Waals surface area contributed by atoms with Crippen molar-refractivity contribution in [2.45, 2.75) is 51.7 Å². The second-order valence-electron chi connectivity index (χ2n) is 9.62. The zero-order chi connectivity index (χ0) is 27.2. The van der Waals surface area contributed by atoms with E-state index < -0.39 is 28.4 Å². The second-order valence-corrected chi connectivity index (χ2v) is 9.62. The maximum atomic E-state index is 13.4. The lowest BCUT2D eigenvalue weighted by Gasteiger charge is -2.22. The van der Waals surface area contributed by atoms with Crippen molar-refractivity contribution in [3.8, 4) is 5.75 Å². The van der Waals surface area contributed by atoms with Crippen molar-refractivity contribution in [2.75, 3.05) is 23.3 Å². The molecule has 5 rings (SSSR count). The molecule has 0 radical (unpaired) electrons. The first-order valence-electron chi connectivity index (χ1n) is 12.3. The Hall–Kier alpha value is -4.03. The van der Waals surface area contributed by atoms with Crippen LogP contribution in [0.5, 0.6) is 5.75 Å². The number of ether oxygens (including phenoxy) is 1. The summed E-state index contributed by atoms with van der Waals surface area (Å²) < 4.78 is 46.0. The number of hydrogen-bond acceptors (Lipinski definition) is 9. The number of hydrogen-bond donors (Lipinski definition) is 1. The van der Waals surface area contributed by atoms with E-state index in [4.69, 9.17) is 9.72 Å². The van der Waals surface area contributed by atoms with E-state index in [-0.39, 0.29) is 29.0 Å². The van der Waals surface area contributed by atoms with Gasteiger partial charge in [-0.3, -0.25) is 14.9 Å². The first kappa shape index (κ1) is 25.6. The number of esters is 1. The van der Waals surface area contributed by atoms with Crippen LogP contribution in [0.25, 0.3) is 11.0 Å². The number of nitrogens with zero attached hydrogens (tertiary/aromatic N) is 5. The normalized spacial score (nSPS) is 16.5. The lowest BCUT2D eigenvalue weighted by Crippen LogP contribution is -2.22. The number of nitro groups is 1. The number of nitro benzene ring substituents is 1. The van der Waals surface area contributed by atoms with Crippen molar-refractivity contribution >= 4 is 34.3 Å². The number of benzene rings is 1. The van der Waals surface area contributed by atoms with Gasteiger partial charge in [0.05, 0.1) is 27.8 Å². The van der Waals surface area contributed by atoms with Gasteiger partial charge in [0.1, 0.15) is 11.6 Å². The summed E-state index contributed by atoms with van der Waals surface area (Å²) in [7, 11) is 0. The topological polar surface area (TPSA) is 123 Å². The highest BCUT2D eigenvalue weighted by molar-refractivity contribution is 5.91. The third-order valence-electron chi connectivity index (χ3n) is 6.60. The Kier molecular flexibility index (Phi) is 6.53. The molecule has 1 aliphatic heterocycles. The standard InChI is InChI=1S/C25H25F3N6O4/c1-13(16-9-17(25(26,27)28)11-18(10-16)34(36)37)29-21-19-12-20(38-24(35)15-5-6-15)23(33-7-3-4-8-33)32-22(19)31-14(2)30-21/h9-13,15H,3-8H2,1-2H3,(H,29,30,31,32)/t13-/m1/s1. The van der Waals surface area contributed by atoms with Crippen molar-refractivity contribution in [3.05, 3.63) is 51.3 Å². The zero-order valence-corrected chi connectivity index (χ0v) is 20.7. The SMILES string of the molecule is Cc1nc(N[C@H](C)c2cc([N+](=O)[O-])cc(C(F)(F)F)c2)c2cc(OC(=O)C3CC3)c(N3CCCC3)nc2n1. The molecular formula is C25H25F3N6O4. The minimum atomic E-state index is -4.76. The molecule has 1 saturated heterocycles. The predicted octanol–water partition coefficient (Wildman–Crippen LogP) is 5.35. The summed E-state index contributed by atoms with van der Waals surface area (Å²) in [5.74, 6) is 0.928. The van der Waals surface area contributed by atoms with Crippen LogP contribution in [0.3, 0.4) is 0 Å². The Labute approximate surface area is 215 Å². The van der Waals surface area contributed by atoms with E-state index in [0.717, 1.165) is 50.9 Å². The van der Waals surface area contributed by atoms with Gasteiger partial charge in [0.2, 0.25) is 0 Å². The first-order chi connectivity index (χ1) is 18.0. The molecule has 3 aromatic rings. The molecule has 0 unspecified atom stereocenters. The molecule has 38 heavy (non-hydrogen) atoms. The average Bonchev–Trinajstić information content (AvgIpc) is 3.57. The van der Waals surface area contributed by atoms with Crippen molar-refractivity contribution in [1.29, 1.82) is 0 Å². The number of rotatable bonds is 7. The van der Waals surface area contributed by atoms with Crippen LogP contribution < -0.4 is 15.0 Å². The fourth-order valence-electron chi connectivity index (χ4n) is 4.43. The molecule has 2 fully saturated rings. The summed E-state index contributed by atoms with van der Waals surface area (Å²) in [5.41, 5.74) is -1.41.